The Balaban J connectivity index is 1.02. The lowest BCUT2D eigenvalue weighted by Gasteiger charge is -2.42. The van der Waals surface area contributed by atoms with Gasteiger partial charge in [0.25, 0.3) is 0 Å². The molecule has 0 unspecified atom stereocenters. The zero-order valence-corrected chi connectivity index (χ0v) is 33.3. The number of rotatable bonds is 4. The Morgan fingerprint density at radius 3 is 2.61 bits per heavy atom. The number of aryl methyl sites for hydroxylation is 1. The highest BCUT2D eigenvalue weighted by Gasteiger charge is 2.46. The van der Waals surface area contributed by atoms with Gasteiger partial charge in [0.1, 0.15) is 54.2 Å². The first-order valence-electron chi connectivity index (χ1n) is 20.5. The number of carbonyl (C=O) groups is 3. The van der Waals surface area contributed by atoms with E-state index in [9.17, 15) is 14.0 Å². The molecule has 3 amide bonds. The first kappa shape index (κ1) is 38.8. The van der Waals surface area contributed by atoms with E-state index < -0.39 is 41.8 Å². The Hall–Kier alpha value is -7.43. The molecule has 6 heterocycles. The SMILES string of the molecule is O=C1NCCCn2cc3c(cccc3n2)-c2cccc(c2)O[C@H]2C[C@@H](C(=O)N3CCN(C(=O)OCc4ccccc4)C[C@@H]13)N(c1ncnc3c1cnn3-c1ccc(F)cc1F)C2. The van der Waals surface area contributed by atoms with Gasteiger partial charge in [-0.2, -0.15) is 10.2 Å². The Labute approximate surface area is 353 Å². The number of amides is 3. The monoisotopic (exact) mass is 838 g/mol. The number of carbonyl (C=O) groups excluding carboxylic acids is 3. The number of halogens is 2. The van der Waals surface area contributed by atoms with Gasteiger partial charge in [0.15, 0.2) is 11.5 Å². The summed E-state index contributed by atoms with van der Waals surface area (Å²) in [7, 11) is 0. The van der Waals surface area contributed by atoms with Gasteiger partial charge in [-0.3, -0.25) is 14.3 Å². The molecule has 15 nitrogen and oxygen atoms in total. The molecule has 3 atom stereocenters. The van der Waals surface area contributed by atoms with Crippen LogP contribution in [0, 0.1) is 11.6 Å². The molecule has 17 heteroatoms. The van der Waals surface area contributed by atoms with Crippen LogP contribution in [0.15, 0.2) is 110 Å². The molecule has 314 valence electrons. The van der Waals surface area contributed by atoms with Crippen LogP contribution < -0.4 is 15.0 Å². The predicted octanol–water partition coefficient (Wildman–Crippen LogP) is 5.51. The summed E-state index contributed by atoms with van der Waals surface area (Å²) in [5.41, 5.74) is 3.78. The quantitative estimate of drug-likeness (QED) is 0.240. The average Bonchev–Trinajstić information content (AvgIpc) is 4.04. The molecule has 0 saturated carbocycles. The number of hydrogen-bond donors (Lipinski definition) is 1. The van der Waals surface area contributed by atoms with E-state index >= 15 is 9.18 Å². The minimum atomic E-state index is -1.05. The summed E-state index contributed by atoms with van der Waals surface area (Å²) in [5.74, 6) is -1.40. The number of hydrogen-bond acceptors (Lipinski definition) is 10. The second-order valence-corrected chi connectivity index (χ2v) is 15.6. The highest BCUT2D eigenvalue weighted by atomic mass is 19.1. The molecular formula is C45H40F2N10O5. The van der Waals surface area contributed by atoms with Crippen molar-refractivity contribution in [3.8, 4) is 22.6 Å². The summed E-state index contributed by atoms with van der Waals surface area (Å²) >= 11 is 0. The molecule has 1 N–H and O–H groups in total. The third kappa shape index (κ3) is 7.39. The molecule has 0 radical (unpaired) electrons. The zero-order valence-electron chi connectivity index (χ0n) is 33.3. The second-order valence-electron chi connectivity index (χ2n) is 15.6. The van der Waals surface area contributed by atoms with Crippen molar-refractivity contribution < 1.29 is 32.6 Å². The van der Waals surface area contributed by atoms with Gasteiger partial charge in [0, 0.05) is 50.2 Å². The topological polar surface area (TPSA) is 153 Å². The molecule has 0 spiro atoms. The second kappa shape index (κ2) is 16.2. The Kier molecular flexibility index (Phi) is 10.1. The summed E-state index contributed by atoms with van der Waals surface area (Å²) in [4.78, 5) is 56.7. The van der Waals surface area contributed by atoms with Gasteiger partial charge in [-0.05, 0) is 53.4 Å². The van der Waals surface area contributed by atoms with Gasteiger partial charge < -0.3 is 29.5 Å². The van der Waals surface area contributed by atoms with E-state index in [1.54, 1.807) is 0 Å². The van der Waals surface area contributed by atoms with E-state index in [1.807, 2.05) is 88.6 Å². The van der Waals surface area contributed by atoms with Crippen LogP contribution in [-0.4, -0.2) is 108 Å². The minimum absolute atomic E-state index is 0.0158. The molecule has 62 heavy (non-hydrogen) atoms. The van der Waals surface area contributed by atoms with Crippen molar-refractivity contribution in [2.45, 2.75) is 44.2 Å². The van der Waals surface area contributed by atoms with Crippen molar-refractivity contribution >= 4 is 45.7 Å². The highest BCUT2D eigenvalue weighted by Crippen LogP contribution is 2.36. The molecule has 10 rings (SSSR count). The standard InChI is InChI=1S/C45H40F2N10O5/c46-30-13-14-38(36(47)20-30)57-42-34(22-51-57)41(49-27-50-42)56-23-32-21-39(56)44(59)55-18-17-53(45(60)61-26-28-7-2-1-3-8-28)25-40(55)43(58)48-15-6-16-54-24-35-33(11-5-12-37(35)52-54)29-9-4-10-31(19-29)62-32/h1-5,7-14,19-20,22,24,27,32,39-40H,6,15-18,21,23,25-26H2,(H,48,58)/t32-,39-,40-/m0/s1. The maximum absolute atomic E-state index is 15.1. The van der Waals surface area contributed by atoms with Crippen molar-refractivity contribution in [2.24, 2.45) is 0 Å². The van der Waals surface area contributed by atoms with E-state index in [4.69, 9.17) is 14.6 Å². The van der Waals surface area contributed by atoms with Crippen LogP contribution in [0.25, 0.3) is 38.8 Å². The Bertz CT molecular complexity index is 2830. The number of ether oxygens (including phenoxy) is 2. The van der Waals surface area contributed by atoms with Crippen LogP contribution in [-0.2, 0) is 27.5 Å². The number of anilines is 1. The first-order chi connectivity index (χ1) is 30.3. The largest absolute Gasteiger partial charge is 0.488 e. The number of nitrogens with one attached hydrogen (secondary N) is 1. The normalized spacial score (nSPS) is 19.5. The van der Waals surface area contributed by atoms with Gasteiger partial charge in [-0.25, -0.2) is 28.2 Å². The van der Waals surface area contributed by atoms with Crippen LogP contribution in [0.4, 0.5) is 19.4 Å². The number of nitrogens with zero attached hydrogens (tertiary/aromatic N) is 9. The number of aromatic nitrogens is 6. The molecule has 6 bridgehead atoms. The van der Waals surface area contributed by atoms with Crippen molar-refractivity contribution in [2.75, 3.05) is 37.6 Å². The summed E-state index contributed by atoms with van der Waals surface area (Å²) in [6, 6.07) is 24.3. The van der Waals surface area contributed by atoms with Crippen molar-refractivity contribution in [1.82, 2.24) is 44.6 Å². The van der Waals surface area contributed by atoms with Gasteiger partial charge in [0.05, 0.1) is 30.2 Å². The number of piperazine rings is 1. The lowest BCUT2D eigenvalue weighted by molar-refractivity contribution is -0.144. The first-order valence-corrected chi connectivity index (χ1v) is 20.5. The fourth-order valence-corrected chi connectivity index (χ4v) is 8.64. The molecule has 4 aromatic carbocycles. The molecule has 3 aliphatic rings. The van der Waals surface area contributed by atoms with Gasteiger partial charge in [-0.15, -0.1) is 0 Å². The molecular weight excluding hydrogens is 799 g/mol. The van der Waals surface area contributed by atoms with Crippen LogP contribution >= 0.6 is 0 Å². The van der Waals surface area contributed by atoms with E-state index in [2.05, 4.69) is 20.4 Å². The van der Waals surface area contributed by atoms with E-state index in [-0.39, 0.29) is 56.4 Å². The zero-order chi connectivity index (χ0) is 42.3. The lowest BCUT2D eigenvalue weighted by Crippen LogP contribution is -2.64. The molecule has 2 fully saturated rings. The molecule has 7 aromatic rings. The van der Waals surface area contributed by atoms with Gasteiger partial charge >= 0.3 is 6.09 Å². The maximum Gasteiger partial charge on any atom is 0.410 e. The van der Waals surface area contributed by atoms with Crippen LogP contribution in [0.5, 0.6) is 5.75 Å². The van der Waals surface area contributed by atoms with Crippen molar-refractivity contribution in [1.29, 1.82) is 0 Å². The minimum Gasteiger partial charge on any atom is -0.488 e. The Morgan fingerprint density at radius 2 is 1.74 bits per heavy atom. The predicted molar refractivity (Wildman–Crippen MR) is 223 cm³/mol. The summed E-state index contributed by atoms with van der Waals surface area (Å²) in [6.07, 6.45) is 4.43. The smallest absolute Gasteiger partial charge is 0.410 e. The third-order valence-corrected chi connectivity index (χ3v) is 11.6. The molecule has 3 aromatic heterocycles. The summed E-state index contributed by atoms with van der Waals surface area (Å²) in [5, 5.41) is 13.6. The summed E-state index contributed by atoms with van der Waals surface area (Å²) in [6.45, 7) is 1.17. The van der Waals surface area contributed by atoms with Crippen LogP contribution in [0.2, 0.25) is 0 Å². The van der Waals surface area contributed by atoms with E-state index in [1.165, 1.54) is 33.1 Å². The van der Waals surface area contributed by atoms with E-state index in [0.29, 0.717) is 36.5 Å². The fourth-order valence-electron chi connectivity index (χ4n) is 8.64. The van der Waals surface area contributed by atoms with Gasteiger partial charge in [-0.1, -0.05) is 54.6 Å². The number of fused-ring (bicyclic) bond motifs is 8. The van der Waals surface area contributed by atoms with Crippen LogP contribution in [0.1, 0.15) is 18.4 Å². The van der Waals surface area contributed by atoms with Crippen molar-refractivity contribution in [3.63, 3.8) is 0 Å². The summed E-state index contributed by atoms with van der Waals surface area (Å²) < 4.78 is 44.4. The number of benzene rings is 4. The van der Waals surface area contributed by atoms with Gasteiger partial charge in [0.2, 0.25) is 11.8 Å². The van der Waals surface area contributed by atoms with E-state index in [0.717, 1.165) is 39.7 Å². The maximum atomic E-state index is 15.1. The Morgan fingerprint density at radius 1 is 0.871 bits per heavy atom. The fraction of sp³-hybridized carbons (Fsp3) is 0.267. The molecule has 2 saturated heterocycles. The van der Waals surface area contributed by atoms with Crippen LogP contribution in [0.3, 0.4) is 0 Å². The highest BCUT2D eigenvalue weighted by molar-refractivity contribution is 5.96. The average molecular weight is 839 g/mol. The molecule has 0 aliphatic carbocycles. The third-order valence-electron chi connectivity index (χ3n) is 11.6. The molecule has 3 aliphatic heterocycles. The lowest BCUT2D eigenvalue weighted by atomic mass is 10.0. The van der Waals surface area contributed by atoms with Crippen molar-refractivity contribution in [3.05, 3.63) is 127 Å².